The lowest BCUT2D eigenvalue weighted by atomic mass is 10.1. The van der Waals surface area contributed by atoms with Crippen molar-refractivity contribution in [3.8, 4) is 17.1 Å². The van der Waals surface area contributed by atoms with Gasteiger partial charge in [-0.05, 0) is 19.1 Å². The van der Waals surface area contributed by atoms with E-state index in [-0.39, 0.29) is 0 Å². The summed E-state index contributed by atoms with van der Waals surface area (Å²) in [4.78, 5) is 0. The molecule has 1 aromatic heterocycles. The van der Waals surface area contributed by atoms with E-state index in [9.17, 15) is 0 Å². The molecule has 0 N–H and O–H groups in total. The minimum atomic E-state index is 0.638. The maximum absolute atomic E-state index is 6.12. The molecule has 0 saturated carbocycles. The highest BCUT2D eigenvalue weighted by Gasteiger charge is 2.14. The van der Waals surface area contributed by atoms with Crippen LogP contribution in [-0.4, -0.2) is 7.11 Å². The number of para-hydroxylation sites is 1. The van der Waals surface area contributed by atoms with E-state index in [1.165, 1.54) is 0 Å². The van der Waals surface area contributed by atoms with Gasteiger partial charge in [-0.15, -0.1) is 0 Å². The van der Waals surface area contributed by atoms with E-state index in [1.807, 2.05) is 31.2 Å². The van der Waals surface area contributed by atoms with Crippen molar-refractivity contribution in [3.05, 3.63) is 41.1 Å². The highest BCUT2D eigenvalue weighted by atomic mass is 35.5. The van der Waals surface area contributed by atoms with Crippen LogP contribution >= 0.6 is 11.6 Å². The molecule has 3 heteroatoms. The molecule has 0 aliphatic carbocycles. The quantitative estimate of drug-likeness (QED) is 0.769. The standard InChI is InChI=1S/C12H11ClO2/c1-8-7-15-12(11(8)13)9-5-3-4-6-10(9)14-2/h3-7H,1-2H3. The molecule has 78 valence electrons. The van der Waals surface area contributed by atoms with Gasteiger partial charge in [0.25, 0.3) is 0 Å². The van der Waals surface area contributed by atoms with Crippen LogP contribution < -0.4 is 4.74 Å². The summed E-state index contributed by atoms with van der Waals surface area (Å²) in [5.74, 6) is 1.42. The first-order chi connectivity index (χ1) is 7.24. The normalized spacial score (nSPS) is 10.3. The maximum atomic E-state index is 6.12. The smallest absolute Gasteiger partial charge is 0.156 e. The number of methoxy groups -OCH3 is 1. The van der Waals surface area contributed by atoms with Crippen LogP contribution in [0.1, 0.15) is 5.56 Å². The van der Waals surface area contributed by atoms with E-state index in [0.717, 1.165) is 16.9 Å². The van der Waals surface area contributed by atoms with Gasteiger partial charge in [0, 0.05) is 5.56 Å². The summed E-state index contributed by atoms with van der Waals surface area (Å²) in [6.07, 6.45) is 1.64. The Bertz CT molecular complexity index is 474. The van der Waals surface area contributed by atoms with Crippen molar-refractivity contribution in [2.24, 2.45) is 0 Å². The second-order valence-corrected chi connectivity index (χ2v) is 3.64. The predicted octanol–water partition coefficient (Wildman–Crippen LogP) is 3.92. The molecule has 15 heavy (non-hydrogen) atoms. The molecule has 0 bridgehead atoms. The predicted molar refractivity (Wildman–Crippen MR) is 60.4 cm³/mol. The van der Waals surface area contributed by atoms with Crippen molar-refractivity contribution in [3.63, 3.8) is 0 Å². The van der Waals surface area contributed by atoms with E-state index in [2.05, 4.69) is 0 Å². The number of benzene rings is 1. The molecule has 0 atom stereocenters. The summed E-state index contributed by atoms with van der Waals surface area (Å²) >= 11 is 6.12. The number of furan rings is 1. The molecule has 0 amide bonds. The zero-order chi connectivity index (χ0) is 10.8. The Kier molecular flexibility index (Phi) is 2.69. The lowest BCUT2D eigenvalue weighted by molar-refractivity contribution is 0.414. The third-order valence-electron chi connectivity index (χ3n) is 2.25. The van der Waals surface area contributed by atoms with Crippen molar-refractivity contribution in [2.45, 2.75) is 6.92 Å². The molecule has 2 rings (SSSR count). The minimum absolute atomic E-state index is 0.638. The topological polar surface area (TPSA) is 22.4 Å². The molecule has 0 radical (unpaired) electrons. The SMILES string of the molecule is COc1ccccc1-c1occ(C)c1Cl. The summed E-state index contributed by atoms with van der Waals surface area (Å²) in [5.41, 5.74) is 1.80. The van der Waals surface area contributed by atoms with Gasteiger partial charge in [0.2, 0.25) is 0 Å². The molecule has 0 aliphatic rings. The molecule has 1 heterocycles. The second-order valence-electron chi connectivity index (χ2n) is 3.26. The first kappa shape index (κ1) is 10.1. The van der Waals surface area contributed by atoms with Crippen molar-refractivity contribution in [1.29, 1.82) is 0 Å². The third kappa shape index (κ3) is 1.73. The van der Waals surface area contributed by atoms with Gasteiger partial charge in [-0.25, -0.2) is 0 Å². The number of hydrogen-bond acceptors (Lipinski definition) is 2. The largest absolute Gasteiger partial charge is 0.496 e. The van der Waals surface area contributed by atoms with Gasteiger partial charge in [0.1, 0.15) is 5.75 Å². The van der Waals surface area contributed by atoms with Crippen molar-refractivity contribution < 1.29 is 9.15 Å². The van der Waals surface area contributed by atoms with Crippen LogP contribution in [0.15, 0.2) is 34.9 Å². The fourth-order valence-corrected chi connectivity index (χ4v) is 1.63. The van der Waals surface area contributed by atoms with E-state index in [4.69, 9.17) is 20.8 Å². The molecule has 0 unspecified atom stereocenters. The summed E-state index contributed by atoms with van der Waals surface area (Å²) < 4.78 is 10.7. The molecule has 2 aromatic rings. The van der Waals surface area contributed by atoms with Crippen molar-refractivity contribution >= 4 is 11.6 Å². The molecule has 0 aliphatic heterocycles. The highest BCUT2D eigenvalue weighted by molar-refractivity contribution is 6.33. The third-order valence-corrected chi connectivity index (χ3v) is 2.72. The highest BCUT2D eigenvalue weighted by Crippen LogP contribution is 2.37. The molecule has 0 fully saturated rings. The van der Waals surface area contributed by atoms with Crippen LogP contribution in [0.4, 0.5) is 0 Å². The van der Waals surface area contributed by atoms with Gasteiger partial charge >= 0.3 is 0 Å². The van der Waals surface area contributed by atoms with Crippen LogP contribution in [0.25, 0.3) is 11.3 Å². The molecule has 0 spiro atoms. The lowest BCUT2D eigenvalue weighted by Crippen LogP contribution is -1.86. The molecular formula is C12H11ClO2. The van der Waals surface area contributed by atoms with E-state index in [1.54, 1.807) is 13.4 Å². The van der Waals surface area contributed by atoms with Gasteiger partial charge in [0.05, 0.1) is 24.0 Å². The van der Waals surface area contributed by atoms with Crippen LogP contribution in [0.2, 0.25) is 5.02 Å². The van der Waals surface area contributed by atoms with Gasteiger partial charge in [-0.2, -0.15) is 0 Å². The number of halogens is 1. The Balaban J connectivity index is 2.58. The first-order valence-electron chi connectivity index (χ1n) is 4.61. The average molecular weight is 223 g/mol. The van der Waals surface area contributed by atoms with Crippen molar-refractivity contribution in [2.75, 3.05) is 7.11 Å². The molecule has 0 saturated heterocycles. The van der Waals surface area contributed by atoms with E-state index in [0.29, 0.717) is 10.8 Å². The van der Waals surface area contributed by atoms with Crippen LogP contribution in [0.3, 0.4) is 0 Å². The average Bonchev–Trinajstić information content (AvgIpc) is 2.60. The number of rotatable bonds is 2. The van der Waals surface area contributed by atoms with Gasteiger partial charge in [-0.1, -0.05) is 23.7 Å². The lowest BCUT2D eigenvalue weighted by Gasteiger charge is -2.05. The van der Waals surface area contributed by atoms with Crippen molar-refractivity contribution in [1.82, 2.24) is 0 Å². The summed E-state index contributed by atoms with van der Waals surface area (Å²) in [6.45, 7) is 1.91. The van der Waals surface area contributed by atoms with Gasteiger partial charge in [0.15, 0.2) is 5.76 Å². The summed E-state index contributed by atoms with van der Waals surface area (Å²) in [7, 11) is 1.63. The minimum Gasteiger partial charge on any atom is -0.496 e. The van der Waals surface area contributed by atoms with Gasteiger partial charge < -0.3 is 9.15 Å². The van der Waals surface area contributed by atoms with Crippen LogP contribution in [0, 0.1) is 6.92 Å². The first-order valence-corrected chi connectivity index (χ1v) is 4.99. The Labute approximate surface area is 93.4 Å². The zero-order valence-corrected chi connectivity index (χ0v) is 9.34. The van der Waals surface area contributed by atoms with E-state index < -0.39 is 0 Å². The fraction of sp³-hybridized carbons (Fsp3) is 0.167. The van der Waals surface area contributed by atoms with Crippen LogP contribution in [-0.2, 0) is 0 Å². The number of hydrogen-bond donors (Lipinski definition) is 0. The van der Waals surface area contributed by atoms with E-state index >= 15 is 0 Å². The molecule has 2 nitrogen and oxygen atoms in total. The maximum Gasteiger partial charge on any atom is 0.156 e. The van der Waals surface area contributed by atoms with Gasteiger partial charge in [-0.3, -0.25) is 0 Å². The fourth-order valence-electron chi connectivity index (χ4n) is 1.44. The van der Waals surface area contributed by atoms with Crippen LogP contribution in [0.5, 0.6) is 5.75 Å². The Morgan fingerprint density at radius 1 is 1.27 bits per heavy atom. The second kappa shape index (κ2) is 3.99. The summed E-state index contributed by atoms with van der Waals surface area (Å²) in [6, 6.07) is 7.63. The number of aryl methyl sites for hydroxylation is 1. The summed E-state index contributed by atoms with van der Waals surface area (Å²) in [5, 5.41) is 0.638. The molecule has 1 aromatic carbocycles. The number of ether oxygens (including phenoxy) is 1. The monoisotopic (exact) mass is 222 g/mol. The Hall–Kier alpha value is -1.41. The molecular weight excluding hydrogens is 212 g/mol. The Morgan fingerprint density at radius 2 is 2.00 bits per heavy atom. The Morgan fingerprint density at radius 3 is 2.60 bits per heavy atom. The zero-order valence-electron chi connectivity index (χ0n) is 8.58.